The summed E-state index contributed by atoms with van der Waals surface area (Å²) in [5, 5.41) is 0. The summed E-state index contributed by atoms with van der Waals surface area (Å²) in [6.45, 7) is 5.35. The predicted octanol–water partition coefficient (Wildman–Crippen LogP) is 6.68. The summed E-state index contributed by atoms with van der Waals surface area (Å²) in [7, 11) is 0. The second-order valence-corrected chi connectivity index (χ2v) is 9.24. The normalized spacial score (nSPS) is 25.1. The fourth-order valence-electron chi connectivity index (χ4n) is 4.52. The molecule has 0 fully saturated rings. The molecule has 0 saturated carbocycles. The summed E-state index contributed by atoms with van der Waals surface area (Å²) in [4.78, 5) is 11.6. The first-order valence-electron chi connectivity index (χ1n) is 8.50. The summed E-state index contributed by atoms with van der Waals surface area (Å²) < 4.78 is 36.8. The van der Waals surface area contributed by atoms with Crippen LogP contribution in [0, 0.1) is 5.92 Å². The molecule has 140 valence electrons. The summed E-state index contributed by atoms with van der Waals surface area (Å²) in [6, 6.07) is 3.92. The molecule has 0 aliphatic heterocycles. The Morgan fingerprint density at radius 3 is 2.52 bits per heavy atom. The van der Waals surface area contributed by atoms with Gasteiger partial charge in [-0.25, -0.2) is 8.78 Å². The second-order valence-electron chi connectivity index (χ2n) is 7.47. The van der Waals surface area contributed by atoms with Crippen LogP contribution in [-0.4, -0.2) is 5.97 Å². The molecule has 0 radical (unpaired) electrons. The summed E-state index contributed by atoms with van der Waals surface area (Å²) in [5.74, 6) is -2.71. The van der Waals surface area contributed by atoms with E-state index in [9.17, 15) is 9.18 Å². The third-order valence-corrected chi connectivity index (χ3v) is 6.58. The van der Waals surface area contributed by atoms with Gasteiger partial charge in [-0.2, -0.15) is 0 Å². The number of carbonyl (C=O) groups excluding carboxylic acids is 1. The second kappa shape index (κ2) is 6.24. The maximum absolute atomic E-state index is 15.0. The van der Waals surface area contributed by atoms with Crippen LogP contribution in [0.15, 0.2) is 67.9 Å². The van der Waals surface area contributed by atoms with Crippen molar-refractivity contribution < 1.29 is 18.3 Å². The summed E-state index contributed by atoms with van der Waals surface area (Å²) in [5.41, 5.74) is 2.54. The SMILES string of the molecule is CC(=O)OC1=C2C(F)=CC=C(F)C2C2C(=C1)C(C)(C)c1c(Br)cc(Br)cc12. The zero-order valence-corrected chi connectivity index (χ0v) is 18.0. The van der Waals surface area contributed by atoms with Crippen molar-refractivity contribution in [1.82, 2.24) is 0 Å². The van der Waals surface area contributed by atoms with Gasteiger partial charge in [0.05, 0.1) is 5.92 Å². The van der Waals surface area contributed by atoms with E-state index < -0.39 is 29.0 Å². The standard InChI is InChI=1S/C21H16Br2F2O2/c1-9(26)27-16-8-12-17(19-15(25)5-4-14(24)18(16)19)11-6-10(22)7-13(23)20(11)21(12,2)3/h4-8,17,19H,1-3H3. The Morgan fingerprint density at radius 2 is 1.85 bits per heavy atom. The topological polar surface area (TPSA) is 26.3 Å². The minimum Gasteiger partial charge on any atom is -0.426 e. The largest absolute Gasteiger partial charge is 0.426 e. The Bertz CT molecular complexity index is 1020. The van der Waals surface area contributed by atoms with E-state index >= 15 is 4.39 Å². The monoisotopic (exact) mass is 496 g/mol. The van der Waals surface area contributed by atoms with Crippen molar-refractivity contribution in [2.45, 2.75) is 32.1 Å². The third-order valence-electron chi connectivity index (χ3n) is 5.50. The van der Waals surface area contributed by atoms with Gasteiger partial charge in [-0.05, 0) is 47.1 Å². The molecule has 2 unspecified atom stereocenters. The zero-order valence-electron chi connectivity index (χ0n) is 14.9. The minimum atomic E-state index is -0.855. The average molecular weight is 498 g/mol. The lowest BCUT2D eigenvalue weighted by Crippen LogP contribution is -2.27. The van der Waals surface area contributed by atoms with Crippen LogP contribution in [0.1, 0.15) is 37.8 Å². The van der Waals surface area contributed by atoms with Crippen LogP contribution in [-0.2, 0) is 14.9 Å². The van der Waals surface area contributed by atoms with Gasteiger partial charge in [0.15, 0.2) is 0 Å². The maximum atomic E-state index is 15.0. The van der Waals surface area contributed by atoms with E-state index in [0.29, 0.717) is 0 Å². The van der Waals surface area contributed by atoms with E-state index in [1.807, 2.05) is 26.0 Å². The first-order chi connectivity index (χ1) is 12.6. The van der Waals surface area contributed by atoms with Crippen molar-refractivity contribution in [3.05, 3.63) is 79.0 Å². The number of allylic oxidation sites excluding steroid dienone is 7. The number of hydrogen-bond donors (Lipinski definition) is 0. The van der Waals surface area contributed by atoms with Crippen LogP contribution in [0.4, 0.5) is 8.78 Å². The smallest absolute Gasteiger partial charge is 0.308 e. The van der Waals surface area contributed by atoms with E-state index in [0.717, 1.165) is 37.8 Å². The van der Waals surface area contributed by atoms with Gasteiger partial charge in [0, 0.05) is 32.8 Å². The first-order valence-corrected chi connectivity index (χ1v) is 10.1. The lowest BCUT2D eigenvalue weighted by molar-refractivity contribution is -0.136. The Hall–Kier alpha value is -1.53. The van der Waals surface area contributed by atoms with Crippen molar-refractivity contribution >= 4 is 37.8 Å². The highest BCUT2D eigenvalue weighted by Gasteiger charge is 2.52. The molecule has 0 N–H and O–H groups in total. The number of carbonyl (C=O) groups is 1. The van der Waals surface area contributed by atoms with E-state index in [1.54, 1.807) is 6.08 Å². The van der Waals surface area contributed by atoms with Crippen LogP contribution in [0.25, 0.3) is 0 Å². The van der Waals surface area contributed by atoms with E-state index in [2.05, 4.69) is 31.9 Å². The first kappa shape index (κ1) is 18.8. The molecule has 6 heteroatoms. The molecular formula is C21H16Br2F2O2. The Labute approximate surface area is 172 Å². The average Bonchev–Trinajstić information content (AvgIpc) is 2.77. The highest BCUT2D eigenvalue weighted by Crippen LogP contribution is 2.61. The predicted molar refractivity (Wildman–Crippen MR) is 106 cm³/mol. The molecule has 0 spiro atoms. The fourth-order valence-corrected chi connectivity index (χ4v) is 6.27. The third kappa shape index (κ3) is 2.71. The van der Waals surface area contributed by atoms with Crippen LogP contribution < -0.4 is 0 Å². The molecule has 2 nitrogen and oxygen atoms in total. The van der Waals surface area contributed by atoms with Crippen LogP contribution >= 0.6 is 31.9 Å². The van der Waals surface area contributed by atoms with Crippen molar-refractivity contribution in [3.63, 3.8) is 0 Å². The van der Waals surface area contributed by atoms with Crippen LogP contribution in [0.3, 0.4) is 0 Å². The molecule has 0 amide bonds. The van der Waals surface area contributed by atoms with Crippen LogP contribution in [0.2, 0.25) is 0 Å². The van der Waals surface area contributed by atoms with E-state index in [-0.39, 0.29) is 17.3 Å². The van der Waals surface area contributed by atoms with Gasteiger partial charge in [0.25, 0.3) is 0 Å². The van der Waals surface area contributed by atoms with Crippen molar-refractivity contribution in [3.8, 4) is 0 Å². The molecule has 0 heterocycles. The zero-order chi connectivity index (χ0) is 19.7. The van der Waals surface area contributed by atoms with E-state index in [1.165, 1.54) is 6.92 Å². The molecule has 2 atom stereocenters. The number of fused-ring (bicyclic) bond motifs is 5. The number of halogens is 4. The molecular weight excluding hydrogens is 482 g/mol. The molecule has 1 aromatic rings. The molecule has 3 aliphatic carbocycles. The van der Waals surface area contributed by atoms with Crippen molar-refractivity contribution in [2.24, 2.45) is 5.92 Å². The van der Waals surface area contributed by atoms with Gasteiger partial charge in [0.1, 0.15) is 17.4 Å². The molecule has 0 bridgehead atoms. The maximum Gasteiger partial charge on any atom is 0.308 e. The van der Waals surface area contributed by atoms with Crippen molar-refractivity contribution in [2.75, 3.05) is 0 Å². The summed E-state index contributed by atoms with van der Waals surface area (Å²) in [6.07, 6.45) is 3.96. The quantitative estimate of drug-likeness (QED) is 0.404. The summed E-state index contributed by atoms with van der Waals surface area (Å²) >= 11 is 7.13. The molecule has 4 rings (SSSR count). The van der Waals surface area contributed by atoms with Gasteiger partial charge >= 0.3 is 5.97 Å². The Balaban J connectivity index is 2.03. The van der Waals surface area contributed by atoms with Gasteiger partial charge in [0.2, 0.25) is 0 Å². The van der Waals surface area contributed by atoms with Crippen LogP contribution in [0.5, 0.6) is 0 Å². The number of ether oxygens (including phenoxy) is 1. The van der Waals surface area contributed by atoms with Gasteiger partial charge in [-0.1, -0.05) is 45.7 Å². The number of esters is 1. The number of rotatable bonds is 1. The highest BCUT2D eigenvalue weighted by molar-refractivity contribution is 9.11. The number of benzene rings is 1. The lowest BCUT2D eigenvalue weighted by atomic mass is 9.70. The molecule has 0 saturated heterocycles. The lowest BCUT2D eigenvalue weighted by Gasteiger charge is -2.35. The van der Waals surface area contributed by atoms with Gasteiger partial charge < -0.3 is 4.74 Å². The van der Waals surface area contributed by atoms with Gasteiger partial charge in [-0.15, -0.1) is 0 Å². The molecule has 1 aromatic carbocycles. The molecule has 3 aliphatic rings. The van der Waals surface area contributed by atoms with Crippen molar-refractivity contribution in [1.29, 1.82) is 0 Å². The molecule has 27 heavy (non-hydrogen) atoms. The fraction of sp³-hybridized carbons (Fsp3) is 0.286. The highest BCUT2D eigenvalue weighted by atomic mass is 79.9. The van der Waals surface area contributed by atoms with Gasteiger partial charge in [-0.3, -0.25) is 4.79 Å². The Kier molecular flexibility index (Phi) is 4.35. The minimum absolute atomic E-state index is 0.0896. The molecule has 0 aromatic heterocycles. The number of hydrogen-bond acceptors (Lipinski definition) is 2. The Morgan fingerprint density at radius 1 is 1.15 bits per heavy atom. The van der Waals surface area contributed by atoms with E-state index in [4.69, 9.17) is 4.74 Å².